The number of likely N-dealkylation sites (N-methyl/N-ethyl adjacent to an activating group) is 1. The lowest BCUT2D eigenvalue weighted by Gasteiger charge is -2.26. The summed E-state index contributed by atoms with van der Waals surface area (Å²) in [4.78, 5) is 13.2. The first-order valence-electron chi connectivity index (χ1n) is 21.8. The first-order chi connectivity index (χ1) is 31.1. The number of fused-ring (bicyclic) bond motifs is 6. The average molecular weight is 994 g/mol. The fraction of sp³-hybridized carbons (Fsp3) is 0.347. The van der Waals surface area contributed by atoms with Gasteiger partial charge in [-0.3, -0.25) is 18.5 Å². The smallest absolute Gasteiger partial charge is 0.295 e. The zero-order valence-corrected chi connectivity index (χ0v) is 41.6. The van der Waals surface area contributed by atoms with Gasteiger partial charge in [0.2, 0.25) is 5.69 Å². The van der Waals surface area contributed by atoms with Gasteiger partial charge in [-0.2, -0.15) is 29.8 Å². The molecule has 3 N–H and O–H groups in total. The van der Waals surface area contributed by atoms with E-state index in [1.165, 1.54) is 24.3 Å². The van der Waals surface area contributed by atoms with Gasteiger partial charge < -0.3 is 4.90 Å². The summed E-state index contributed by atoms with van der Waals surface area (Å²) < 4.78 is 130. The highest BCUT2D eigenvalue weighted by Gasteiger charge is 2.46. The molecule has 0 amide bonds. The van der Waals surface area contributed by atoms with Crippen LogP contribution in [0.15, 0.2) is 123 Å². The molecule has 0 aliphatic carbocycles. The molecule has 0 saturated heterocycles. The minimum atomic E-state index is -4.93. The quantitative estimate of drug-likeness (QED) is 0.0346. The third kappa shape index (κ3) is 10.6. The Morgan fingerprint density at radius 2 is 1.28 bits per heavy atom. The monoisotopic (exact) mass is 993 g/mol. The lowest BCUT2D eigenvalue weighted by atomic mass is 9.79. The second-order valence-corrected chi connectivity index (χ2v) is 24.2. The van der Waals surface area contributed by atoms with Gasteiger partial charge in [0.25, 0.3) is 30.4 Å². The number of unbranched alkanes of at least 4 members (excludes halogenated alkanes) is 2. The van der Waals surface area contributed by atoms with Crippen LogP contribution in [-0.4, -0.2) is 82.2 Å². The van der Waals surface area contributed by atoms with E-state index in [0.29, 0.717) is 50.0 Å². The molecule has 4 aromatic carbocycles. The summed E-state index contributed by atoms with van der Waals surface area (Å²) in [6.45, 7) is 16.3. The van der Waals surface area contributed by atoms with Gasteiger partial charge >= 0.3 is 0 Å². The zero-order chi connectivity index (χ0) is 49.5. The summed E-state index contributed by atoms with van der Waals surface area (Å²) in [5.74, 6) is -0.168. The molecule has 2 aliphatic rings. The Kier molecular flexibility index (Phi) is 14.7. The van der Waals surface area contributed by atoms with Crippen LogP contribution in [0.1, 0.15) is 89.8 Å². The summed E-state index contributed by atoms with van der Waals surface area (Å²) in [5, 5.41) is 2.83. The molecule has 0 aromatic heterocycles. The van der Waals surface area contributed by atoms with E-state index in [4.69, 9.17) is 0 Å². The van der Waals surface area contributed by atoms with Gasteiger partial charge in [0.1, 0.15) is 17.2 Å². The molecule has 6 rings (SSSR count). The summed E-state index contributed by atoms with van der Waals surface area (Å²) >= 11 is 0. The topological polar surface area (TPSA) is 221 Å². The normalized spacial score (nSPS) is 17.0. The molecule has 14 nitrogen and oxygen atoms in total. The molecule has 0 bridgehead atoms. The molecule has 4 aromatic rings. The Hall–Kier alpha value is -5.08. The lowest BCUT2D eigenvalue weighted by molar-refractivity contribution is -0.438. The number of allylic oxidation sites excluding steroid dienone is 8. The predicted molar refractivity (Wildman–Crippen MR) is 263 cm³/mol. The molecule has 2 heterocycles. The Labute approximate surface area is 394 Å². The van der Waals surface area contributed by atoms with Crippen molar-refractivity contribution in [1.29, 1.82) is 0 Å². The molecular weight excluding hydrogens is 937 g/mol. The van der Waals surface area contributed by atoms with Crippen molar-refractivity contribution in [2.45, 2.75) is 106 Å². The van der Waals surface area contributed by atoms with Crippen molar-refractivity contribution in [1.82, 2.24) is 0 Å². The lowest BCUT2D eigenvalue weighted by Crippen LogP contribution is -2.28. The van der Waals surface area contributed by atoms with Gasteiger partial charge in [-0.05, 0) is 117 Å². The number of Topliss-reactive ketones (excluding diaryl/α,β-unsaturated/α-hetero) is 1. The maximum absolute atomic E-state index is 12.6. The molecule has 18 heteroatoms. The van der Waals surface area contributed by atoms with Crippen molar-refractivity contribution in [2.75, 3.05) is 23.7 Å². The van der Waals surface area contributed by atoms with Crippen molar-refractivity contribution < 1.29 is 56.7 Å². The molecule has 2 aliphatic heterocycles. The van der Waals surface area contributed by atoms with E-state index >= 15 is 0 Å². The maximum atomic E-state index is 12.6. The highest BCUT2D eigenvalue weighted by molar-refractivity contribution is 7.94. The number of nitrogens with zero attached hydrogens (tertiary/aromatic N) is 2. The molecule has 358 valence electrons. The van der Waals surface area contributed by atoms with Gasteiger partial charge in [0.05, 0.1) is 21.0 Å². The van der Waals surface area contributed by atoms with Crippen molar-refractivity contribution >= 4 is 84.6 Å². The number of sulfone groups is 1. The van der Waals surface area contributed by atoms with Crippen LogP contribution >= 0.6 is 0 Å². The summed E-state index contributed by atoms with van der Waals surface area (Å²) in [6.07, 6.45) is 15.8. The van der Waals surface area contributed by atoms with Crippen LogP contribution in [0.5, 0.6) is 0 Å². The SMILES string of the molecule is C=CS(=O)(=O)CCCC(=O)CCCCC[N+]1=C(C=CC=CC=CC=C2N(CC)c3ccc4c(C)cc(S(=O)(=O)O)cc4c3C2(C)C)C(C)(C)c2c1ccc1c(S(=O)(=O)O)cc(S(=O)(=O)O)cc21. The van der Waals surface area contributed by atoms with E-state index in [9.17, 15) is 52.1 Å². The van der Waals surface area contributed by atoms with Crippen LogP contribution in [-0.2, 0) is 55.8 Å². The number of rotatable bonds is 19. The second kappa shape index (κ2) is 19.1. The van der Waals surface area contributed by atoms with E-state index in [0.717, 1.165) is 50.5 Å². The highest BCUT2D eigenvalue weighted by Crippen LogP contribution is 2.51. The Morgan fingerprint density at radius 1 is 0.687 bits per heavy atom. The van der Waals surface area contributed by atoms with E-state index in [1.54, 1.807) is 6.07 Å². The third-order valence-electron chi connectivity index (χ3n) is 12.7. The molecular formula is C49H57N2O12S4+. The van der Waals surface area contributed by atoms with Crippen LogP contribution < -0.4 is 4.90 Å². The summed E-state index contributed by atoms with van der Waals surface area (Å²) in [6, 6.07) is 12.2. The second-order valence-electron chi connectivity index (χ2n) is 17.9. The van der Waals surface area contributed by atoms with Crippen LogP contribution in [0.4, 0.5) is 11.4 Å². The van der Waals surface area contributed by atoms with Crippen LogP contribution in [0.25, 0.3) is 21.5 Å². The van der Waals surface area contributed by atoms with Crippen molar-refractivity contribution in [3.8, 4) is 0 Å². The van der Waals surface area contributed by atoms with E-state index in [2.05, 4.69) is 29.9 Å². The molecule has 0 saturated carbocycles. The highest BCUT2D eigenvalue weighted by atomic mass is 32.2. The molecule has 67 heavy (non-hydrogen) atoms. The molecule has 0 radical (unpaired) electrons. The Morgan fingerprint density at radius 3 is 1.91 bits per heavy atom. The minimum absolute atomic E-state index is 0.0322. The number of hydrogen-bond acceptors (Lipinski definition) is 10. The fourth-order valence-electron chi connectivity index (χ4n) is 9.52. The third-order valence-corrected chi connectivity index (χ3v) is 16.6. The summed E-state index contributed by atoms with van der Waals surface area (Å²) in [5.41, 5.74) is 4.27. The number of carbonyl (C=O) groups is 1. The van der Waals surface area contributed by atoms with Crippen molar-refractivity contribution in [3.05, 3.63) is 125 Å². The van der Waals surface area contributed by atoms with Crippen molar-refractivity contribution in [3.63, 3.8) is 0 Å². The van der Waals surface area contributed by atoms with Crippen LogP contribution in [0.3, 0.4) is 0 Å². The fourth-order valence-corrected chi connectivity index (χ4v) is 12.2. The first kappa shape index (κ1) is 51.3. The van der Waals surface area contributed by atoms with Gasteiger partial charge in [-0.25, -0.2) is 8.42 Å². The molecule has 0 atom stereocenters. The Balaban J connectivity index is 1.30. The van der Waals surface area contributed by atoms with Crippen molar-refractivity contribution in [2.24, 2.45) is 0 Å². The van der Waals surface area contributed by atoms with Gasteiger partial charge in [0, 0.05) is 71.1 Å². The van der Waals surface area contributed by atoms with E-state index < -0.39 is 60.8 Å². The van der Waals surface area contributed by atoms with Gasteiger partial charge in [-0.1, -0.05) is 56.9 Å². The number of ketones is 1. The number of aryl methyl sites for hydroxylation is 1. The van der Waals surface area contributed by atoms with E-state index in [-0.39, 0.29) is 40.0 Å². The summed E-state index contributed by atoms with van der Waals surface area (Å²) in [7, 11) is -17.6. The molecule has 0 spiro atoms. The zero-order valence-electron chi connectivity index (χ0n) is 38.4. The average Bonchev–Trinajstić information content (AvgIpc) is 3.59. The van der Waals surface area contributed by atoms with Gasteiger partial charge in [0.15, 0.2) is 15.5 Å². The Bertz CT molecular complexity index is 3320. The van der Waals surface area contributed by atoms with E-state index in [1.807, 2.05) is 82.4 Å². The molecule has 0 fully saturated rings. The molecule has 0 unspecified atom stereocenters. The number of carbonyl (C=O) groups excluding carboxylic acids is 1. The van der Waals surface area contributed by atoms with Crippen LogP contribution in [0, 0.1) is 6.92 Å². The number of benzene rings is 4. The van der Waals surface area contributed by atoms with Gasteiger partial charge in [-0.15, -0.1) is 0 Å². The standard InChI is InChI=1S/C49H56N2O12S4/c1-8-50-41-25-23-37-33(3)29-35(65(55,56)57)30-39(37)46(41)48(4,5)44(50)21-15-11-10-12-16-22-45-49(6,7)47-40-31-36(66(58,59)60)32-43(67(61,62)63)38(40)24-26-42(47)51(45)27-17-13-14-19-34(52)20-18-28-64(53,54)9-2/h9-12,15-16,21-26,29-32H,2,8,13-14,17-20,27-28H2,1,3-7H3,(H2-,55,56,57,58,59,60,61,62,63)/p+1. The maximum Gasteiger partial charge on any atom is 0.295 e. The minimum Gasteiger partial charge on any atom is -0.344 e. The van der Waals surface area contributed by atoms with Crippen LogP contribution in [0.2, 0.25) is 0 Å². The number of anilines is 1. The number of hydrogen-bond donors (Lipinski definition) is 3. The first-order valence-corrected chi connectivity index (χ1v) is 27.8. The largest absolute Gasteiger partial charge is 0.344 e. The predicted octanol–water partition coefficient (Wildman–Crippen LogP) is 9.26.